The summed E-state index contributed by atoms with van der Waals surface area (Å²) in [6, 6.07) is 16.4. The summed E-state index contributed by atoms with van der Waals surface area (Å²) in [5, 5.41) is 0. The number of benzene rings is 2. The summed E-state index contributed by atoms with van der Waals surface area (Å²) >= 11 is 3.45. The first-order valence-electron chi connectivity index (χ1n) is 7.47. The Morgan fingerprint density at radius 1 is 1.09 bits per heavy atom. The van der Waals surface area contributed by atoms with Crippen LogP contribution in [-0.2, 0) is 6.42 Å². The lowest BCUT2D eigenvalue weighted by molar-refractivity contribution is 0.542. The zero-order valence-electron chi connectivity index (χ0n) is 12.7. The molecule has 0 bridgehead atoms. The van der Waals surface area contributed by atoms with E-state index in [2.05, 4.69) is 56.7 Å². The topological polar surface area (TPSA) is 31.0 Å². The van der Waals surface area contributed by atoms with Gasteiger partial charge in [-0.15, -0.1) is 0 Å². The lowest BCUT2D eigenvalue weighted by atomic mass is 10.1. The van der Waals surface area contributed by atoms with Gasteiger partial charge in [0.05, 0.1) is 0 Å². The van der Waals surface area contributed by atoms with Crippen LogP contribution in [0.5, 0.6) is 0 Å². The van der Waals surface area contributed by atoms with Crippen LogP contribution in [0, 0.1) is 6.92 Å². The predicted molar refractivity (Wildman–Crippen MR) is 95.0 cm³/mol. The smallest absolute Gasteiger partial charge is 0.199 e. The maximum Gasteiger partial charge on any atom is 0.199 e. The van der Waals surface area contributed by atoms with Gasteiger partial charge in [-0.2, -0.15) is 0 Å². The highest BCUT2D eigenvalue weighted by molar-refractivity contribution is 9.10. The molecule has 4 heteroatoms. The van der Waals surface area contributed by atoms with Crippen molar-refractivity contribution in [2.24, 2.45) is 0 Å². The van der Waals surface area contributed by atoms with Gasteiger partial charge in [-0.25, -0.2) is 4.98 Å². The monoisotopic (exact) mass is 366 g/mol. The first-order chi connectivity index (χ1) is 11.2. The second-order valence-electron chi connectivity index (χ2n) is 5.61. The largest absolute Gasteiger partial charge is 0.440 e. The number of halogens is 1. The van der Waals surface area contributed by atoms with E-state index in [9.17, 15) is 0 Å². The van der Waals surface area contributed by atoms with Crippen molar-refractivity contribution in [2.75, 3.05) is 0 Å². The van der Waals surface area contributed by atoms with Crippen LogP contribution in [0.1, 0.15) is 17.0 Å². The van der Waals surface area contributed by atoms with Crippen LogP contribution in [0.15, 0.2) is 69.8 Å². The Kier molecular flexibility index (Phi) is 3.54. The Bertz CT molecular complexity index is 953. The van der Waals surface area contributed by atoms with Crippen molar-refractivity contribution in [1.29, 1.82) is 0 Å². The zero-order chi connectivity index (χ0) is 15.8. The molecule has 0 saturated carbocycles. The fourth-order valence-electron chi connectivity index (χ4n) is 2.74. The molecule has 0 N–H and O–H groups in total. The molecular weight excluding hydrogens is 352 g/mol. The third-order valence-electron chi connectivity index (χ3n) is 3.88. The summed E-state index contributed by atoms with van der Waals surface area (Å²) in [6.45, 7) is 2.06. The van der Waals surface area contributed by atoms with Crippen molar-refractivity contribution in [3.05, 3.63) is 82.4 Å². The van der Waals surface area contributed by atoms with Gasteiger partial charge >= 0.3 is 0 Å². The van der Waals surface area contributed by atoms with Gasteiger partial charge in [0.2, 0.25) is 0 Å². The molecule has 0 fully saturated rings. The molecule has 114 valence electrons. The molecule has 2 aromatic carbocycles. The number of nitrogens with zero attached hydrogens (tertiary/aromatic N) is 2. The van der Waals surface area contributed by atoms with Crippen LogP contribution >= 0.6 is 15.9 Å². The molecular formula is C19H15BrN2O. The van der Waals surface area contributed by atoms with E-state index in [0.29, 0.717) is 6.42 Å². The molecule has 0 aliphatic heterocycles. The minimum atomic E-state index is 0.695. The number of aryl methyl sites for hydroxylation is 1. The lowest BCUT2D eigenvalue weighted by Crippen LogP contribution is -1.90. The van der Waals surface area contributed by atoms with Crippen molar-refractivity contribution in [1.82, 2.24) is 9.55 Å². The van der Waals surface area contributed by atoms with E-state index in [-0.39, 0.29) is 0 Å². The number of fused-ring (bicyclic) bond motifs is 1. The summed E-state index contributed by atoms with van der Waals surface area (Å²) in [7, 11) is 0. The van der Waals surface area contributed by atoms with E-state index in [1.165, 1.54) is 5.56 Å². The van der Waals surface area contributed by atoms with Crippen molar-refractivity contribution >= 4 is 27.0 Å². The summed E-state index contributed by atoms with van der Waals surface area (Å²) in [5.41, 5.74) is 5.15. The van der Waals surface area contributed by atoms with E-state index < -0.39 is 0 Å². The maximum absolute atomic E-state index is 5.97. The molecule has 4 rings (SSSR count). The number of oxazole rings is 1. The van der Waals surface area contributed by atoms with Crippen molar-refractivity contribution in [2.45, 2.75) is 13.3 Å². The minimum Gasteiger partial charge on any atom is -0.440 e. The highest BCUT2D eigenvalue weighted by atomic mass is 79.9. The van der Waals surface area contributed by atoms with Crippen molar-refractivity contribution in [3.8, 4) is 5.69 Å². The van der Waals surface area contributed by atoms with Gasteiger partial charge in [-0.3, -0.25) is 0 Å². The molecule has 23 heavy (non-hydrogen) atoms. The number of hydrogen-bond donors (Lipinski definition) is 0. The van der Waals surface area contributed by atoms with Crippen LogP contribution in [0.4, 0.5) is 0 Å². The summed E-state index contributed by atoms with van der Waals surface area (Å²) in [6.07, 6.45) is 4.76. The average Bonchev–Trinajstić information content (AvgIpc) is 3.19. The summed E-state index contributed by atoms with van der Waals surface area (Å²) in [4.78, 5) is 4.67. The predicted octanol–water partition coefficient (Wildman–Crippen LogP) is 5.28. The molecule has 0 unspecified atom stereocenters. The number of aromatic nitrogens is 2. The molecule has 0 amide bonds. The Morgan fingerprint density at radius 3 is 2.57 bits per heavy atom. The minimum absolute atomic E-state index is 0.695. The molecule has 4 aromatic rings. The first kappa shape index (κ1) is 14.3. The van der Waals surface area contributed by atoms with Crippen LogP contribution < -0.4 is 0 Å². The zero-order valence-corrected chi connectivity index (χ0v) is 14.2. The van der Waals surface area contributed by atoms with Gasteiger partial charge in [0.15, 0.2) is 11.5 Å². The van der Waals surface area contributed by atoms with E-state index in [1.54, 1.807) is 0 Å². The van der Waals surface area contributed by atoms with Crippen LogP contribution in [0.2, 0.25) is 0 Å². The fourth-order valence-corrected chi connectivity index (χ4v) is 3.00. The highest BCUT2D eigenvalue weighted by Crippen LogP contribution is 2.25. The third-order valence-corrected chi connectivity index (χ3v) is 4.40. The number of rotatable bonds is 3. The van der Waals surface area contributed by atoms with E-state index in [1.807, 2.05) is 36.7 Å². The molecule has 0 aliphatic rings. The summed E-state index contributed by atoms with van der Waals surface area (Å²) in [5.74, 6) is 0.745. The molecule has 0 spiro atoms. The number of hydrogen-bond acceptors (Lipinski definition) is 2. The highest BCUT2D eigenvalue weighted by Gasteiger charge is 2.11. The SMILES string of the molecule is Cc1cc(-n2cccc2)cc2nc(Cc3ccc(Br)cc3)oc12. The molecule has 2 heterocycles. The van der Waals surface area contributed by atoms with Gasteiger partial charge in [0.1, 0.15) is 5.52 Å². The average molecular weight is 367 g/mol. The maximum atomic E-state index is 5.97. The molecule has 0 aliphatic carbocycles. The molecule has 0 radical (unpaired) electrons. The van der Waals surface area contributed by atoms with E-state index in [0.717, 1.165) is 32.7 Å². The van der Waals surface area contributed by atoms with Gasteiger partial charge in [-0.05, 0) is 54.4 Å². The van der Waals surface area contributed by atoms with Crippen molar-refractivity contribution in [3.63, 3.8) is 0 Å². The van der Waals surface area contributed by atoms with Gasteiger partial charge < -0.3 is 8.98 Å². The third kappa shape index (κ3) is 2.82. The molecule has 3 nitrogen and oxygen atoms in total. The normalized spacial score (nSPS) is 11.2. The Hall–Kier alpha value is -2.33. The van der Waals surface area contributed by atoms with Crippen LogP contribution in [0.3, 0.4) is 0 Å². The molecule has 0 atom stereocenters. The Morgan fingerprint density at radius 2 is 1.83 bits per heavy atom. The molecule has 0 saturated heterocycles. The first-order valence-corrected chi connectivity index (χ1v) is 8.26. The van der Waals surface area contributed by atoms with Crippen LogP contribution in [-0.4, -0.2) is 9.55 Å². The standard InChI is InChI=1S/C19H15BrN2O/c1-13-10-16(22-8-2-3-9-22)12-17-19(13)23-18(21-17)11-14-4-6-15(20)7-5-14/h2-10,12H,11H2,1H3. The molecule has 2 aromatic heterocycles. The van der Waals surface area contributed by atoms with E-state index >= 15 is 0 Å². The summed E-state index contributed by atoms with van der Waals surface area (Å²) < 4.78 is 9.13. The Labute approximate surface area is 142 Å². The van der Waals surface area contributed by atoms with Gasteiger partial charge in [-0.1, -0.05) is 28.1 Å². The quantitative estimate of drug-likeness (QED) is 0.493. The second kappa shape index (κ2) is 5.70. The second-order valence-corrected chi connectivity index (χ2v) is 6.53. The van der Waals surface area contributed by atoms with Gasteiger partial charge in [0, 0.05) is 29.0 Å². The van der Waals surface area contributed by atoms with E-state index in [4.69, 9.17) is 4.42 Å². The van der Waals surface area contributed by atoms with Crippen LogP contribution in [0.25, 0.3) is 16.8 Å². The lowest BCUT2D eigenvalue weighted by Gasteiger charge is -2.03. The Balaban J connectivity index is 1.72. The van der Waals surface area contributed by atoms with Crippen molar-refractivity contribution < 1.29 is 4.42 Å². The fraction of sp³-hybridized carbons (Fsp3) is 0.105. The van der Waals surface area contributed by atoms with Gasteiger partial charge in [0.25, 0.3) is 0 Å².